The van der Waals surface area contributed by atoms with Crippen molar-refractivity contribution in [2.45, 2.75) is 20.5 Å². The van der Waals surface area contributed by atoms with Crippen molar-refractivity contribution in [3.8, 4) is 5.75 Å². The zero-order valence-electron chi connectivity index (χ0n) is 9.34. The van der Waals surface area contributed by atoms with Crippen molar-refractivity contribution in [1.82, 2.24) is 0 Å². The summed E-state index contributed by atoms with van der Waals surface area (Å²) in [4.78, 5) is 10.0. The SMILES string of the molecule is CC(C)COCc1cc([N+](=O)[O-])ccc1O. The average Bonchev–Trinajstić information content (AvgIpc) is 2.20. The standard InChI is InChI=1S/C11H15NO4/c1-8(2)6-16-7-9-5-10(12(14)15)3-4-11(9)13/h3-5,8,13H,6-7H2,1-2H3. The van der Waals surface area contributed by atoms with Crippen LogP contribution in [0.1, 0.15) is 19.4 Å². The number of nitro benzene ring substituents is 1. The number of nitro groups is 1. The maximum atomic E-state index is 10.5. The minimum atomic E-state index is -0.495. The molecule has 16 heavy (non-hydrogen) atoms. The molecule has 0 spiro atoms. The molecule has 0 unspecified atom stereocenters. The molecule has 1 aromatic rings. The Hall–Kier alpha value is -1.62. The molecule has 0 bridgehead atoms. The van der Waals surface area contributed by atoms with Crippen molar-refractivity contribution in [2.75, 3.05) is 6.61 Å². The van der Waals surface area contributed by atoms with Crippen LogP contribution >= 0.6 is 0 Å². The molecular formula is C11H15NO4. The van der Waals surface area contributed by atoms with Crippen molar-refractivity contribution in [1.29, 1.82) is 0 Å². The Morgan fingerprint density at radius 3 is 2.75 bits per heavy atom. The minimum Gasteiger partial charge on any atom is -0.508 e. The lowest BCUT2D eigenvalue weighted by atomic mass is 10.2. The third-order valence-corrected chi connectivity index (χ3v) is 1.98. The van der Waals surface area contributed by atoms with Gasteiger partial charge in [0.2, 0.25) is 0 Å². The molecule has 0 radical (unpaired) electrons. The van der Waals surface area contributed by atoms with Gasteiger partial charge < -0.3 is 9.84 Å². The molecule has 0 atom stereocenters. The van der Waals surface area contributed by atoms with Crippen LogP contribution in [0.15, 0.2) is 18.2 Å². The van der Waals surface area contributed by atoms with E-state index in [1.165, 1.54) is 18.2 Å². The first-order valence-electron chi connectivity index (χ1n) is 5.04. The lowest BCUT2D eigenvalue weighted by Gasteiger charge is -2.08. The molecule has 0 aromatic heterocycles. The topological polar surface area (TPSA) is 72.6 Å². The van der Waals surface area contributed by atoms with Gasteiger partial charge >= 0.3 is 0 Å². The lowest BCUT2D eigenvalue weighted by molar-refractivity contribution is -0.385. The Bertz CT molecular complexity index is 376. The van der Waals surface area contributed by atoms with E-state index in [9.17, 15) is 15.2 Å². The van der Waals surface area contributed by atoms with E-state index >= 15 is 0 Å². The first kappa shape index (κ1) is 12.4. The second kappa shape index (κ2) is 5.46. The van der Waals surface area contributed by atoms with Gasteiger partial charge in [0.1, 0.15) is 5.75 Å². The van der Waals surface area contributed by atoms with Crippen LogP contribution in [0.25, 0.3) is 0 Å². The van der Waals surface area contributed by atoms with Gasteiger partial charge in [0.25, 0.3) is 5.69 Å². The molecule has 0 aliphatic rings. The summed E-state index contributed by atoms with van der Waals surface area (Å²) >= 11 is 0. The van der Waals surface area contributed by atoms with E-state index in [0.717, 1.165) is 0 Å². The number of ether oxygens (including phenoxy) is 1. The number of aromatic hydroxyl groups is 1. The first-order valence-corrected chi connectivity index (χ1v) is 5.04. The van der Waals surface area contributed by atoms with E-state index in [0.29, 0.717) is 18.1 Å². The van der Waals surface area contributed by atoms with Gasteiger partial charge in [-0.3, -0.25) is 10.1 Å². The number of phenols is 1. The molecule has 1 aromatic carbocycles. The molecule has 1 N–H and O–H groups in total. The highest BCUT2D eigenvalue weighted by atomic mass is 16.6. The lowest BCUT2D eigenvalue weighted by Crippen LogP contribution is -2.02. The molecular weight excluding hydrogens is 210 g/mol. The maximum absolute atomic E-state index is 10.5. The van der Waals surface area contributed by atoms with E-state index in [1.54, 1.807) is 0 Å². The Morgan fingerprint density at radius 1 is 1.50 bits per heavy atom. The van der Waals surface area contributed by atoms with Crippen LogP contribution in [0.3, 0.4) is 0 Å². The van der Waals surface area contributed by atoms with Crippen LogP contribution in [0, 0.1) is 16.0 Å². The summed E-state index contributed by atoms with van der Waals surface area (Å²) in [6.07, 6.45) is 0. The highest BCUT2D eigenvalue weighted by Gasteiger charge is 2.10. The number of hydrogen-bond donors (Lipinski definition) is 1. The van der Waals surface area contributed by atoms with Crippen LogP contribution in [-0.4, -0.2) is 16.6 Å². The molecule has 0 aliphatic heterocycles. The number of phenolic OH excluding ortho intramolecular Hbond substituents is 1. The van der Waals surface area contributed by atoms with Crippen molar-refractivity contribution in [3.63, 3.8) is 0 Å². The molecule has 0 heterocycles. The zero-order chi connectivity index (χ0) is 12.1. The van der Waals surface area contributed by atoms with E-state index < -0.39 is 4.92 Å². The largest absolute Gasteiger partial charge is 0.508 e. The Labute approximate surface area is 93.8 Å². The molecule has 88 valence electrons. The van der Waals surface area contributed by atoms with Crippen molar-refractivity contribution >= 4 is 5.69 Å². The van der Waals surface area contributed by atoms with Crippen LogP contribution in [0.4, 0.5) is 5.69 Å². The highest BCUT2D eigenvalue weighted by molar-refractivity contribution is 5.42. The van der Waals surface area contributed by atoms with E-state index in [2.05, 4.69) is 0 Å². The number of non-ortho nitro benzene ring substituents is 1. The molecule has 0 aliphatic carbocycles. The summed E-state index contributed by atoms with van der Waals surface area (Å²) in [7, 11) is 0. The summed E-state index contributed by atoms with van der Waals surface area (Å²) in [5.41, 5.74) is 0.399. The van der Waals surface area contributed by atoms with Crippen LogP contribution in [0.5, 0.6) is 5.75 Å². The predicted octanol–water partition coefficient (Wildman–Crippen LogP) is 2.47. The van der Waals surface area contributed by atoms with Gasteiger partial charge in [0.05, 0.1) is 11.5 Å². The quantitative estimate of drug-likeness (QED) is 0.617. The summed E-state index contributed by atoms with van der Waals surface area (Å²) < 4.78 is 5.31. The zero-order valence-corrected chi connectivity index (χ0v) is 9.34. The van der Waals surface area contributed by atoms with Crippen molar-refractivity contribution in [2.24, 2.45) is 5.92 Å². The number of benzene rings is 1. The van der Waals surface area contributed by atoms with E-state index in [4.69, 9.17) is 4.74 Å². The van der Waals surface area contributed by atoms with Crippen molar-refractivity contribution < 1.29 is 14.8 Å². The summed E-state index contributed by atoms with van der Waals surface area (Å²) in [5.74, 6) is 0.412. The normalized spacial score (nSPS) is 10.7. The van der Waals surface area contributed by atoms with Gasteiger partial charge in [0, 0.05) is 24.3 Å². The average molecular weight is 225 g/mol. The fourth-order valence-electron chi connectivity index (χ4n) is 1.21. The van der Waals surface area contributed by atoms with Gasteiger partial charge in [-0.1, -0.05) is 13.8 Å². The van der Waals surface area contributed by atoms with Gasteiger partial charge in [-0.2, -0.15) is 0 Å². The summed E-state index contributed by atoms with van der Waals surface area (Å²) in [6.45, 7) is 4.76. The third-order valence-electron chi connectivity index (χ3n) is 1.98. The Morgan fingerprint density at radius 2 is 2.19 bits per heavy atom. The monoisotopic (exact) mass is 225 g/mol. The molecule has 5 nitrogen and oxygen atoms in total. The first-order chi connectivity index (χ1) is 7.50. The van der Waals surface area contributed by atoms with Gasteiger partial charge in [-0.25, -0.2) is 0 Å². The molecule has 1 rings (SSSR count). The Balaban J connectivity index is 2.70. The molecule has 0 saturated carbocycles. The van der Waals surface area contributed by atoms with Crippen LogP contribution < -0.4 is 0 Å². The number of nitrogens with zero attached hydrogens (tertiary/aromatic N) is 1. The smallest absolute Gasteiger partial charge is 0.270 e. The molecule has 0 amide bonds. The summed E-state index contributed by atoms with van der Waals surface area (Å²) in [6, 6.07) is 3.91. The Kier molecular flexibility index (Phi) is 4.25. The van der Waals surface area contributed by atoms with Crippen LogP contribution in [0.2, 0.25) is 0 Å². The third kappa shape index (κ3) is 3.51. The van der Waals surface area contributed by atoms with Gasteiger partial charge in [-0.15, -0.1) is 0 Å². The van der Waals surface area contributed by atoms with Crippen molar-refractivity contribution in [3.05, 3.63) is 33.9 Å². The fraction of sp³-hybridized carbons (Fsp3) is 0.455. The molecule has 0 saturated heterocycles. The predicted molar refractivity (Wildman–Crippen MR) is 59.3 cm³/mol. The number of rotatable bonds is 5. The van der Waals surface area contributed by atoms with Gasteiger partial charge in [0.15, 0.2) is 0 Å². The van der Waals surface area contributed by atoms with E-state index in [-0.39, 0.29) is 18.0 Å². The second-order valence-corrected chi connectivity index (χ2v) is 3.98. The fourth-order valence-corrected chi connectivity index (χ4v) is 1.21. The van der Waals surface area contributed by atoms with E-state index in [1.807, 2.05) is 13.8 Å². The second-order valence-electron chi connectivity index (χ2n) is 3.98. The minimum absolute atomic E-state index is 0.0226. The maximum Gasteiger partial charge on any atom is 0.270 e. The van der Waals surface area contributed by atoms with Gasteiger partial charge in [-0.05, 0) is 12.0 Å². The summed E-state index contributed by atoms with van der Waals surface area (Å²) in [5, 5.41) is 20.0. The number of hydrogen-bond acceptors (Lipinski definition) is 4. The molecule has 5 heteroatoms. The van der Waals surface area contributed by atoms with Crippen LogP contribution in [-0.2, 0) is 11.3 Å². The molecule has 0 fully saturated rings. The highest BCUT2D eigenvalue weighted by Crippen LogP contribution is 2.23.